The molecule has 0 aromatic heterocycles. The van der Waals surface area contributed by atoms with E-state index in [2.05, 4.69) is 5.32 Å². The van der Waals surface area contributed by atoms with Gasteiger partial charge in [0.25, 0.3) is 5.91 Å². The van der Waals surface area contributed by atoms with Crippen molar-refractivity contribution in [2.45, 2.75) is 82.9 Å². The van der Waals surface area contributed by atoms with E-state index in [1.165, 1.54) is 26.2 Å². The van der Waals surface area contributed by atoms with Crippen LogP contribution < -0.4 is 5.32 Å². The predicted molar refractivity (Wildman–Crippen MR) is 111 cm³/mol. The molecule has 1 saturated heterocycles. The number of rotatable bonds is 5. The summed E-state index contributed by atoms with van der Waals surface area (Å²) >= 11 is 0. The molecule has 0 aromatic carbocycles. The molecule has 0 spiro atoms. The average Bonchev–Trinajstić information content (AvgIpc) is 2.96. The second-order valence-electron chi connectivity index (χ2n) is 10.6. The van der Waals surface area contributed by atoms with Crippen molar-refractivity contribution >= 4 is 23.7 Å². The Bertz CT molecular complexity index is 788. The van der Waals surface area contributed by atoms with Gasteiger partial charge < -0.3 is 10.1 Å². The second-order valence-corrected chi connectivity index (χ2v) is 10.6. The number of fused-ring (bicyclic) bond motifs is 1. The fourth-order valence-electron chi connectivity index (χ4n) is 7.27. The van der Waals surface area contributed by atoms with Crippen LogP contribution in [0.15, 0.2) is 12.2 Å². The molecule has 0 unspecified atom stereocenters. The van der Waals surface area contributed by atoms with Gasteiger partial charge in [-0.1, -0.05) is 12.2 Å². The lowest BCUT2D eigenvalue weighted by molar-refractivity contribution is -0.165. The highest BCUT2D eigenvalue weighted by Gasteiger charge is 2.53. The van der Waals surface area contributed by atoms with Crippen LogP contribution >= 0.6 is 0 Å². The number of nitrogens with one attached hydrogen (secondary N) is 1. The van der Waals surface area contributed by atoms with Crippen LogP contribution in [-0.4, -0.2) is 46.3 Å². The summed E-state index contributed by atoms with van der Waals surface area (Å²) in [7, 11) is 0. The molecule has 168 valence electrons. The lowest BCUT2D eigenvalue weighted by atomic mass is 9.53. The number of hydrogen-bond acceptors (Lipinski definition) is 5. The minimum absolute atomic E-state index is 0.151. The summed E-state index contributed by atoms with van der Waals surface area (Å²) in [6, 6.07) is -1.03. The van der Waals surface area contributed by atoms with E-state index in [1.54, 1.807) is 6.92 Å². The van der Waals surface area contributed by atoms with Gasteiger partial charge >= 0.3 is 5.97 Å². The van der Waals surface area contributed by atoms with Crippen molar-refractivity contribution in [3.05, 3.63) is 12.2 Å². The molecule has 1 N–H and O–H groups in total. The lowest BCUT2D eigenvalue weighted by Crippen LogP contribution is -2.61. The van der Waals surface area contributed by atoms with Crippen molar-refractivity contribution in [2.75, 3.05) is 0 Å². The van der Waals surface area contributed by atoms with Crippen molar-refractivity contribution in [3.63, 3.8) is 0 Å². The first kappa shape index (κ1) is 20.7. The number of nitrogens with zero attached hydrogens (tertiary/aromatic N) is 1. The zero-order valence-electron chi connectivity index (χ0n) is 18.3. The Morgan fingerprint density at radius 2 is 1.45 bits per heavy atom. The maximum absolute atomic E-state index is 12.9. The number of imide groups is 1. The molecule has 6 rings (SSSR count). The zero-order valence-corrected chi connectivity index (χ0v) is 18.3. The van der Waals surface area contributed by atoms with Crippen LogP contribution in [0.1, 0.15) is 65.2 Å². The normalized spacial score (nSPS) is 39.9. The third kappa shape index (κ3) is 3.50. The van der Waals surface area contributed by atoms with Gasteiger partial charge in [0.05, 0.1) is 11.8 Å². The summed E-state index contributed by atoms with van der Waals surface area (Å²) in [6.07, 6.45) is 10.8. The maximum Gasteiger partial charge on any atom is 0.329 e. The maximum atomic E-state index is 12.9. The van der Waals surface area contributed by atoms with Crippen LogP contribution in [0.5, 0.6) is 0 Å². The van der Waals surface area contributed by atoms with E-state index in [0.717, 1.165) is 24.2 Å². The summed E-state index contributed by atoms with van der Waals surface area (Å²) in [5.41, 5.74) is -0.151. The lowest BCUT2D eigenvalue weighted by Gasteiger charge is -2.57. The standard InChI is InChI=1S/C24H32N2O5/c1-13(26-21(28)18-5-3-4-6-19(18)22(26)29)23(30)31-14(2)20(27)25-24-10-15-7-16(11-24)9-17(8-15)12-24/h3-4,13-19H,5-12H2,1-2H3,(H,25,27)/t13-,14-,15?,16?,17?,18-,19-,24?/m0/s1. The molecule has 0 aromatic rings. The molecule has 0 radical (unpaired) electrons. The van der Waals surface area contributed by atoms with E-state index in [-0.39, 0.29) is 35.1 Å². The molecule has 3 amide bonds. The largest absolute Gasteiger partial charge is 0.451 e. The van der Waals surface area contributed by atoms with E-state index in [4.69, 9.17) is 4.74 Å². The van der Waals surface area contributed by atoms with E-state index >= 15 is 0 Å². The summed E-state index contributed by atoms with van der Waals surface area (Å²) in [6.45, 7) is 3.07. The Morgan fingerprint density at radius 1 is 0.968 bits per heavy atom. The zero-order chi connectivity index (χ0) is 21.9. The van der Waals surface area contributed by atoms with Crippen LogP contribution in [0.3, 0.4) is 0 Å². The molecule has 5 aliphatic carbocycles. The molecule has 1 aliphatic heterocycles. The number of carbonyl (C=O) groups is 4. The predicted octanol–water partition coefficient (Wildman–Crippen LogP) is 2.34. The number of hydrogen-bond donors (Lipinski definition) is 1. The van der Waals surface area contributed by atoms with E-state index in [1.807, 2.05) is 12.2 Å². The molecule has 6 aliphatic rings. The molecule has 4 saturated carbocycles. The first-order valence-electron chi connectivity index (χ1n) is 11.8. The van der Waals surface area contributed by atoms with Crippen molar-refractivity contribution in [1.82, 2.24) is 10.2 Å². The SMILES string of the molecule is C[C@H](OC(=O)[C@H](C)N1C(=O)[C@H]2CC=CC[C@@H]2C1=O)C(=O)NC12CC3CC(CC(C3)C1)C2. The van der Waals surface area contributed by atoms with Gasteiger partial charge in [0, 0.05) is 5.54 Å². The van der Waals surface area contributed by atoms with Gasteiger partial charge in [0.1, 0.15) is 6.04 Å². The molecule has 4 bridgehead atoms. The van der Waals surface area contributed by atoms with Gasteiger partial charge in [-0.2, -0.15) is 0 Å². The minimum atomic E-state index is -1.03. The number of likely N-dealkylation sites (tertiary alicyclic amines) is 1. The fourth-order valence-corrected chi connectivity index (χ4v) is 7.27. The van der Waals surface area contributed by atoms with E-state index in [0.29, 0.717) is 30.6 Å². The van der Waals surface area contributed by atoms with Gasteiger partial charge in [-0.15, -0.1) is 0 Å². The number of amides is 3. The van der Waals surface area contributed by atoms with Crippen LogP contribution in [-0.2, 0) is 23.9 Å². The van der Waals surface area contributed by atoms with Gasteiger partial charge in [-0.25, -0.2) is 4.79 Å². The monoisotopic (exact) mass is 428 g/mol. The smallest absolute Gasteiger partial charge is 0.329 e. The van der Waals surface area contributed by atoms with Crippen LogP contribution in [0.25, 0.3) is 0 Å². The van der Waals surface area contributed by atoms with Crippen LogP contribution in [0.4, 0.5) is 0 Å². The van der Waals surface area contributed by atoms with E-state index in [9.17, 15) is 19.2 Å². The van der Waals surface area contributed by atoms with Crippen molar-refractivity contribution < 1.29 is 23.9 Å². The number of ether oxygens (including phenoxy) is 1. The van der Waals surface area contributed by atoms with Gasteiger partial charge in [0.15, 0.2) is 6.10 Å². The van der Waals surface area contributed by atoms with Gasteiger partial charge in [0.2, 0.25) is 11.8 Å². The summed E-state index contributed by atoms with van der Waals surface area (Å²) in [4.78, 5) is 52.1. The topological polar surface area (TPSA) is 92.8 Å². The average molecular weight is 429 g/mol. The molecule has 7 nitrogen and oxygen atoms in total. The Balaban J connectivity index is 1.20. The molecular weight excluding hydrogens is 396 g/mol. The molecule has 31 heavy (non-hydrogen) atoms. The molecule has 5 fully saturated rings. The van der Waals surface area contributed by atoms with Gasteiger partial charge in [-0.3, -0.25) is 19.3 Å². The molecule has 7 heteroatoms. The summed E-state index contributed by atoms with van der Waals surface area (Å²) < 4.78 is 5.44. The Kier molecular flexibility index (Phi) is 4.98. The Morgan fingerprint density at radius 3 is 1.94 bits per heavy atom. The molecule has 1 heterocycles. The van der Waals surface area contributed by atoms with Crippen molar-refractivity contribution in [2.24, 2.45) is 29.6 Å². The van der Waals surface area contributed by atoms with Crippen LogP contribution in [0, 0.1) is 29.6 Å². The highest BCUT2D eigenvalue weighted by atomic mass is 16.5. The third-order valence-corrected chi connectivity index (χ3v) is 8.36. The van der Waals surface area contributed by atoms with E-state index < -0.39 is 18.1 Å². The first-order chi connectivity index (χ1) is 14.8. The third-order valence-electron chi connectivity index (χ3n) is 8.36. The molecule has 4 atom stereocenters. The Labute approximate surface area is 182 Å². The van der Waals surface area contributed by atoms with Crippen molar-refractivity contribution in [1.29, 1.82) is 0 Å². The van der Waals surface area contributed by atoms with Crippen molar-refractivity contribution in [3.8, 4) is 0 Å². The Hall–Kier alpha value is -2.18. The summed E-state index contributed by atoms with van der Waals surface area (Å²) in [5, 5.41) is 3.22. The molecular formula is C24H32N2O5. The minimum Gasteiger partial charge on any atom is -0.451 e. The van der Waals surface area contributed by atoms with Crippen LogP contribution in [0.2, 0.25) is 0 Å². The van der Waals surface area contributed by atoms with Gasteiger partial charge in [-0.05, 0) is 83.0 Å². The fraction of sp³-hybridized carbons (Fsp3) is 0.750. The number of esters is 1. The number of allylic oxidation sites excluding steroid dienone is 2. The quantitative estimate of drug-likeness (QED) is 0.412. The first-order valence-corrected chi connectivity index (χ1v) is 11.8. The summed E-state index contributed by atoms with van der Waals surface area (Å²) in [5.74, 6) is -0.266. The second kappa shape index (κ2) is 7.45. The highest BCUT2D eigenvalue weighted by molar-refractivity contribution is 6.08. The number of carbonyl (C=O) groups excluding carboxylic acids is 4. The highest BCUT2D eigenvalue weighted by Crippen LogP contribution is 2.55.